The van der Waals surface area contributed by atoms with Crippen molar-refractivity contribution in [2.75, 3.05) is 6.61 Å². The first kappa shape index (κ1) is 19.4. The molecule has 0 aliphatic heterocycles. The van der Waals surface area contributed by atoms with E-state index >= 15 is 0 Å². The minimum absolute atomic E-state index is 0.0162. The number of hydrogen-bond donors (Lipinski definition) is 2. The quantitative estimate of drug-likeness (QED) is 0.708. The van der Waals surface area contributed by atoms with Crippen LogP contribution in [0.1, 0.15) is 25.8 Å². The summed E-state index contributed by atoms with van der Waals surface area (Å²) in [4.78, 5) is 35.3. The fourth-order valence-electron chi connectivity index (χ4n) is 2.74. The molecule has 0 fully saturated rings. The molecular formula is C20H23NO5. The number of carbonyl (C=O) groups is 3. The zero-order chi connectivity index (χ0) is 19.1. The molecule has 0 unspecified atom stereocenters. The summed E-state index contributed by atoms with van der Waals surface area (Å²) in [6.07, 6.45) is 0.0556. The summed E-state index contributed by atoms with van der Waals surface area (Å²) < 4.78 is 4.88. The number of aliphatic carboxylic acids is 1. The lowest BCUT2D eigenvalue weighted by Gasteiger charge is -2.18. The van der Waals surface area contributed by atoms with E-state index in [-0.39, 0.29) is 19.4 Å². The fourth-order valence-corrected chi connectivity index (χ4v) is 2.74. The molecule has 0 radical (unpaired) electrons. The summed E-state index contributed by atoms with van der Waals surface area (Å²) in [5, 5.41) is 13.9. The van der Waals surface area contributed by atoms with Crippen molar-refractivity contribution in [3.8, 4) is 0 Å². The third-order valence-electron chi connectivity index (χ3n) is 4.09. The van der Waals surface area contributed by atoms with E-state index in [9.17, 15) is 19.5 Å². The molecule has 1 amide bonds. The van der Waals surface area contributed by atoms with Crippen LogP contribution in [0.4, 0.5) is 0 Å². The summed E-state index contributed by atoms with van der Waals surface area (Å²) in [7, 11) is 0. The summed E-state index contributed by atoms with van der Waals surface area (Å²) in [6.45, 7) is 3.50. The van der Waals surface area contributed by atoms with Gasteiger partial charge in [-0.25, -0.2) is 4.79 Å². The minimum Gasteiger partial charge on any atom is -0.480 e. The van der Waals surface area contributed by atoms with Crippen LogP contribution in [0.25, 0.3) is 10.8 Å². The van der Waals surface area contributed by atoms with Crippen LogP contribution in [0.5, 0.6) is 0 Å². The number of ether oxygens (including phenoxy) is 1. The van der Waals surface area contributed by atoms with Gasteiger partial charge in [0.2, 0.25) is 5.91 Å². The molecule has 0 heterocycles. The highest BCUT2D eigenvalue weighted by atomic mass is 16.5. The average Bonchev–Trinajstić information content (AvgIpc) is 2.61. The normalized spacial score (nSPS) is 13.0. The Labute approximate surface area is 152 Å². The van der Waals surface area contributed by atoms with Gasteiger partial charge in [-0.2, -0.15) is 0 Å². The Kier molecular flexibility index (Phi) is 6.72. The largest absolute Gasteiger partial charge is 0.480 e. The van der Waals surface area contributed by atoms with Crippen LogP contribution in [-0.4, -0.2) is 35.6 Å². The number of amides is 1. The Hall–Kier alpha value is -2.89. The second-order valence-corrected chi connectivity index (χ2v) is 6.21. The van der Waals surface area contributed by atoms with Gasteiger partial charge in [-0.15, -0.1) is 0 Å². The molecule has 0 saturated carbocycles. The number of carbonyl (C=O) groups excluding carboxylic acids is 2. The molecule has 0 aliphatic rings. The van der Waals surface area contributed by atoms with Gasteiger partial charge in [-0.05, 0) is 29.7 Å². The highest BCUT2D eigenvalue weighted by Crippen LogP contribution is 2.16. The van der Waals surface area contributed by atoms with Gasteiger partial charge in [0.25, 0.3) is 0 Å². The molecule has 2 atom stereocenters. The van der Waals surface area contributed by atoms with Crippen molar-refractivity contribution in [1.82, 2.24) is 5.32 Å². The molecule has 0 aromatic heterocycles. The molecule has 138 valence electrons. The van der Waals surface area contributed by atoms with E-state index in [1.807, 2.05) is 42.5 Å². The number of rotatable bonds is 8. The molecule has 2 rings (SSSR count). The molecule has 0 aliphatic carbocycles. The van der Waals surface area contributed by atoms with Crippen LogP contribution in [0.15, 0.2) is 42.5 Å². The van der Waals surface area contributed by atoms with Gasteiger partial charge >= 0.3 is 11.9 Å². The standard InChI is InChI=1S/C20H23NO5/c1-3-26-20(25)13(2)10-17(19(23)24)21-18(22)12-14-8-9-15-6-4-5-7-16(15)11-14/h4-9,11,13,17H,3,10,12H2,1-2H3,(H,21,22)(H,23,24)/t13-,17-/m0/s1. The van der Waals surface area contributed by atoms with Crippen molar-refractivity contribution in [3.63, 3.8) is 0 Å². The van der Waals surface area contributed by atoms with Crippen molar-refractivity contribution >= 4 is 28.6 Å². The van der Waals surface area contributed by atoms with E-state index < -0.39 is 29.8 Å². The van der Waals surface area contributed by atoms with E-state index in [1.54, 1.807) is 13.8 Å². The van der Waals surface area contributed by atoms with E-state index in [0.29, 0.717) is 0 Å². The van der Waals surface area contributed by atoms with Crippen molar-refractivity contribution < 1.29 is 24.2 Å². The minimum atomic E-state index is -1.17. The zero-order valence-corrected chi connectivity index (χ0v) is 14.9. The van der Waals surface area contributed by atoms with Gasteiger partial charge in [-0.3, -0.25) is 9.59 Å². The van der Waals surface area contributed by atoms with Gasteiger partial charge in [0.15, 0.2) is 0 Å². The van der Waals surface area contributed by atoms with Gasteiger partial charge in [0.1, 0.15) is 6.04 Å². The Bertz CT molecular complexity index is 802. The van der Waals surface area contributed by atoms with E-state index in [1.165, 1.54) is 0 Å². The van der Waals surface area contributed by atoms with Gasteiger partial charge in [0, 0.05) is 0 Å². The highest BCUT2D eigenvalue weighted by molar-refractivity contribution is 5.87. The number of hydrogen-bond acceptors (Lipinski definition) is 4. The fraction of sp³-hybridized carbons (Fsp3) is 0.350. The molecule has 26 heavy (non-hydrogen) atoms. The molecule has 0 bridgehead atoms. The zero-order valence-electron chi connectivity index (χ0n) is 14.9. The monoisotopic (exact) mass is 357 g/mol. The number of benzene rings is 2. The van der Waals surface area contributed by atoms with Crippen molar-refractivity contribution in [2.24, 2.45) is 5.92 Å². The van der Waals surface area contributed by atoms with Crippen LogP contribution in [0.2, 0.25) is 0 Å². The lowest BCUT2D eigenvalue weighted by molar-refractivity contribution is -0.149. The maximum Gasteiger partial charge on any atom is 0.326 e. The first-order valence-electron chi connectivity index (χ1n) is 8.57. The second-order valence-electron chi connectivity index (χ2n) is 6.21. The van der Waals surface area contributed by atoms with Crippen LogP contribution in [-0.2, 0) is 25.5 Å². The Morgan fingerprint density at radius 2 is 1.81 bits per heavy atom. The Balaban J connectivity index is 2.00. The maximum absolute atomic E-state index is 12.2. The molecule has 2 aromatic carbocycles. The molecule has 2 aromatic rings. The summed E-state index contributed by atoms with van der Waals surface area (Å²) >= 11 is 0. The lowest BCUT2D eigenvalue weighted by atomic mass is 10.0. The Morgan fingerprint density at radius 1 is 1.12 bits per heavy atom. The second kappa shape index (κ2) is 8.99. The summed E-state index contributed by atoms with van der Waals surface area (Å²) in [5.74, 6) is -2.66. The van der Waals surface area contributed by atoms with Crippen LogP contribution >= 0.6 is 0 Å². The average molecular weight is 357 g/mol. The molecule has 0 spiro atoms. The van der Waals surface area contributed by atoms with Crippen molar-refractivity contribution in [3.05, 3.63) is 48.0 Å². The maximum atomic E-state index is 12.2. The Morgan fingerprint density at radius 3 is 2.46 bits per heavy atom. The molecule has 6 heteroatoms. The third-order valence-corrected chi connectivity index (χ3v) is 4.09. The van der Waals surface area contributed by atoms with Crippen molar-refractivity contribution in [1.29, 1.82) is 0 Å². The van der Waals surface area contributed by atoms with Crippen molar-refractivity contribution in [2.45, 2.75) is 32.7 Å². The molecule has 0 saturated heterocycles. The highest BCUT2D eigenvalue weighted by Gasteiger charge is 2.26. The van der Waals surface area contributed by atoms with Gasteiger partial charge < -0.3 is 15.2 Å². The smallest absolute Gasteiger partial charge is 0.326 e. The predicted molar refractivity (Wildman–Crippen MR) is 97.6 cm³/mol. The number of fused-ring (bicyclic) bond motifs is 1. The first-order valence-corrected chi connectivity index (χ1v) is 8.57. The lowest BCUT2D eigenvalue weighted by Crippen LogP contribution is -2.43. The molecule has 6 nitrogen and oxygen atoms in total. The summed E-state index contributed by atoms with van der Waals surface area (Å²) in [6, 6.07) is 12.3. The van der Waals surface area contributed by atoms with Gasteiger partial charge in [0.05, 0.1) is 18.9 Å². The van der Waals surface area contributed by atoms with Crippen LogP contribution < -0.4 is 5.32 Å². The van der Waals surface area contributed by atoms with E-state index in [0.717, 1.165) is 16.3 Å². The van der Waals surface area contributed by atoms with E-state index in [2.05, 4.69) is 5.32 Å². The number of esters is 1. The predicted octanol–water partition coefficient (Wildman–Crippen LogP) is 2.54. The molecule has 2 N–H and O–H groups in total. The van der Waals surface area contributed by atoms with Crippen LogP contribution in [0.3, 0.4) is 0 Å². The number of carboxylic acid groups (broad SMARTS) is 1. The summed E-state index contributed by atoms with van der Waals surface area (Å²) in [5.41, 5.74) is 0.795. The third kappa shape index (κ3) is 5.31. The number of carboxylic acids is 1. The molecular weight excluding hydrogens is 334 g/mol. The van der Waals surface area contributed by atoms with Gasteiger partial charge in [-0.1, -0.05) is 49.4 Å². The number of nitrogens with one attached hydrogen (secondary N) is 1. The van der Waals surface area contributed by atoms with E-state index in [4.69, 9.17) is 4.74 Å². The SMILES string of the molecule is CCOC(=O)[C@@H](C)C[C@H](NC(=O)Cc1ccc2ccccc2c1)C(=O)O. The first-order chi connectivity index (χ1) is 12.4. The van der Waals surface area contributed by atoms with Crippen LogP contribution in [0, 0.1) is 5.92 Å². The topological polar surface area (TPSA) is 92.7 Å².